The molecule has 7 heteroatoms. The van der Waals surface area contributed by atoms with Crippen molar-refractivity contribution in [1.29, 1.82) is 0 Å². The van der Waals surface area contributed by atoms with Crippen molar-refractivity contribution in [2.75, 3.05) is 63.5 Å². The molecule has 1 aromatic heterocycles. The van der Waals surface area contributed by atoms with Crippen LogP contribution >= 0.6 is 11.3 Å². The van der Waals surface area contributed by atoms with Gasteiger partial charge in [0.2, 0.25) is 10.3 Å². The summed E-state index contributed by atoms with van der Waals surface area (Å²) in [4.78, 5) is 7.35. The Morgan fingerprint density at radius 2 is 1.80 bits per heavy atom. The molecule has 20 heavy (non-hydrogen) atoms. The lowest BCUT2D eigenvalue weighted by atomic mass is 9.96. The zero-order valence-corrected chi connectivity index (χ0v) is 13.0. The van der Waals surface area contributed by atoms with E-state index in [-0.39, 0.29) is 0 Å². The molecule has 0 radical (unpaired) electrons. The van der Waals surface area contributed by atoms with E-state index in [1.807, 2.05) is 0 Å². The summed E-state index contributed by atoms with van der Waals surface area (Å²) in [5.74, 6) is 0.884. The molecular formula is C13H24N6S. The predicted molar refractivity (Wildman–Crippen MR) is 83.2 cm³/mol. The van der Waals surface area contributed by atoms with Crippen molar-refractivity contribution in [3.63, 3.8) is 0 Å². The molecule has 0 amide bonds. The Bertz CT molecular complexity index is 420. The third kappa shape index (κ3) is 3.39. The molecule has 2 N–H and O–H groups in total. The van der Waals surface area contributed by atoms with Crippen LogP contribution in [0.5, 0.6) is 0 Å². The van der Waals surface area contributed by atoms with Crippen LogP contribution in [0.1, 0.15) is 12.8 Å². The van der Waals surface area contributed by atoms with E-state index < -0.39 is 0 Å². The Labute approximate surface area is 124 Å². The highest BCUT2D eigenvalue weighted by Crippen LogP contribution is 2.23. The molecule has 3 heterocycles. The first-order chi connectivity index (χ1) is 9.70. The van der Waals surface area contributed by atoms with Crippen molar-refractivity contribution in [2.45, 2.75) is 12.8 Å². The summed E-state index contributed by atoms with van der Waals surface area (Å²) in [7, 11) is 2.22. The summed E-state index contributed by atoms with van der Waals surface area (Å²) in [5, 5.41) is 9.57. The van der Waals surface area contributed by atoms with Crippen molar-refractivity contribution >= 4 is 21.6 Å². The van der Waals surface area contributed by atoms with Crippen LogP contribution in [0, 0.1) is 5.92 Å². The van der Waals surface area contributed by atoms with Crippen LogP contribution in [-0.4, -0.2) is 72.9 Å². The molecule has 0 atom stereocenters. The summed E-state index contributed by atoms with van der Waals surface area (Å²) in [6, 6.07) is 0. The molecule has 0 unspecified atom stereocenters. The number of rotatable bonds is 3. The van der Waals surface area contributed by atoms with Gasteiger partial charge in [0.25, 0.3) is 0 Å². The molecule has 0 spiro atoms. The number of aromatic nitrogens is 2. The fourth-order valence-corrected chi connectivity index (χ4v) is 3.75. The van der Waals surface area contributed by atoms with Gasteiger partial charge in [-0.15, -0.1) is 10.2 Å². The molecule has 1 aromatic rings. The van der Waals surface area contributed by atoms with Crippen molar-refractivity contribution in [1.82, 2.24) is 20.0 Å². The zero-order valence-electron chi connectivity index (χ0n) is 12.2. The van der Waals surface area contributed by atoms with E-state index >= 15 is 0 Å². The van der Waals surface area contributed by atoms with Gasteiger partial charge in [0, 0.05) is 32.7 Å². The Hall–Kier alpha value is -0.920. The van der Waals surface area contributed by atoms with E-state index in [0.29, 0.717) is 5.13 Å². The number of piperazine rings is 1. The normalized spacial score (nSPS) is 23.4. The number of nitrogens with two attached hydrogens (primary N) is 1. The number of anilines is 2. The summed E-state index contributed by atoms with van der Waals surface area (Å²) in [5.41, 5.74) is 5.65. The Morgan fingerprint density at radius 1 is 1.10 bits per heavy atom. The van der Waals surface area contributed by atoms with Crippen LogP contribution in [0.15, 0.2) is 0 Å². The largest absolute Gasteiger partial charge is 0.374 e. The maximum absolute atomic E-state index is 5.65. The quantitative estimate of drug-likeness (QED) is 0.880. The fourth-order valence-electron chi connectivity index (χ4n) is 3.09. The van der Waals surface area contributed by atoms with Crippen LogP contribution in [0.25, 0.3) is 0 Å². The number of hydrogen-bond donors (Lipinski definition) is 1. The Morgan fingerprint density at radius 3 is 2.40 bits per heavy atom. The van der Waals surface area contributed by atoms with Gasteiger partial charge < -0.3 is 15.5 Å². The molecular weight excluding hydrogens is 272 g/mol. The van der Waals surface area contributed by atoms with E-state index in [1.54, 1.807) is 0 Å². The van der Waals surface area contributed by atoms with Gasteiger partial charge in [-0.2, -0.15) is 0 Å². The van der Waals surface area contributed by atoms with Gasteiger partial charge in [-0.1, -0.05) is 11.3 Å². The van der Waals surface area contributed by atoms with Gasteiger partial charge in [-0.3, -0.25) is 4.90 Å². The molecule has 2 fully saturated rings. The molecule has 6 nitrogen and oxygen atoms in total. The molecule has 0 saturated carbocycles. The minimum absolute atomic E-state index is 0.564. The average molecular weight is 296 g/mol. The van der Waals surface area contributed by atoms with Crippen LogP contribution in [-0.2, 0) is 0 Å². The van der Waals surface area contributed by atoms with Gasteiger partial charge in [0.1, 0.15) is 0 Å². The molecule has 0 aliphatic carbocycles. The lowest BCUT2D eigenvalue weighted by Crippen LogP contribution is -2.48. The van der Waals surface area contributed by atoms with Gasteiger partial charge in [0.15, 0.2) is 0 Å². The van der Waals surface area contributed by atoms with Crippen LogP contribution < -0.4 is 10.6 Å². The number of hydrogen-bond acceptors (Lipinski definition) is 7. The standard InChI is InChI=1S/C13H24N6S/c1-17-4-2-11(3-5-17)10-18-6-8-19(9-7-18)13-16-15-12(14)20-13/h11H,2-10H2,1H3,(H2,14,15). The Kier molecular flexibility index (Phi) is 4.38. The molecule has 3 rings (SSSR count). The summed E-state index contributed by atoms with van der Waals surface area (Å²) in [6.45, 7) is 8.13. The monoisotopic (exact) mass is 296 g/mol. The van der Waals surface area contributed by atoms with Crippen molar-refractivity contribution in [3.8, 4) is 0 Å². The second-order valence-electron chi connectivity index (χ2n) is 5.96. The van der Waals surface area contributed by atoms with Gasteiger partial charge in [-0.05, 0) is 38.9 Å². The molecule has 2 aliphatic rings. The highest BCUT2D eigenvalue weighted by Gasteiger charge is 2.23. The third-order valence-corrected chi connectivity index (χ3v) is 5.24. The number of piperidine rings is 1. The number of nitrogens with zero attached hydrogens (tertiary/aromatic N) is 5. The second-order valence-corrected chi connectivity index (χ2v) is 6.94. The zero-order chi connectivity index (χ0) is 13.9. The van der Waals surface area contributed by atoms with Crippen LogP contribution in [0.4, 0.5) is 10.3 Å². The van der Waals surface area contributed by atoms with Crippen molar-refractivity contribution in [2.24, 2.45) is 5.92 Å². The van der Waals surface area contributed by atoms with Gasteiger partial charge in [0.05, 0.1) is 0 Å². The van der Waals surface area contributed by atoms with Gasteiger partial charge in [-0.25, -0.2) is 0 Å². The Balaban J connectivity index is 1.44. The van der Waals surface area contributed by atoms with Gasteiger partial charge >= 0.3 is 0 Å². The topological polar surface area (TPSA) is 61.5 Å². The van der Waals surface area contributed by atoms with E-state index in [4.69, 9.17) is 5.73 Å². The van der Waals surface area contributed by atoms with Crippen LogP contribution in [0.3, 0.4) is 0 Å². The molecule has 2 saturated heterocycles. The first-order valence-corrected chi connectivity index (χ1v) is 8.27. The second kappa shape index (κ2) is 6.24. The van der Waals surface area contributed by atoms with E-state index in [1.165, 1.54) is 43.8 Å². The summed E-state index contributed by atoms with van der Waals surface area (Å²) in [6.07, 6.45) is 2.70. The molecule has 0 bridgehead atoms. The van der Waals surface area contributed by atoms with Crippen molar-refractivity contribution in [3.05, 3.63) is 0 Å². The summed E-state index contributed by atoms with van der Waals surface area (Å²) >= 11 is 1.49. The van der Waals surface area contributed by atoms with E-state index in [0.717, 1.165) is 37.2 Å². The predicted octanol–water partition coefficient (Wildman–Crippen LogP) is 0.584. The first kappa shape index (κ1) is 14.0. The van der Waals surface area contributed by atoms with E-state index in [9.17, 15) is 0 Å². The highest BCUT2D eigenvalue weighted by molar-refractivity contribution is 7.18. The molecule has 2 aliphatic heterocycles. The first-order valence-electron chi connectivity index (χ1n) is 7.45. The lowest BCUT2D eigenvalue weighted by molar-refractivity contribution is 0.155. The average Bonchev–Trinajstić information content (AvgIpc) is 2.89. The smallest absolute Gasteiger partial charge is 0.210 e. The van der Waals surface area contributed by atoms with Crippen molar-refractivity contribution < 1.29 is 0 Å². The minimum Gasteiger partial charge on any atom is -0.374 e. The third-order valence-electron chi connectivity index (χ3n) is 4.43. The highest BCUT2D eigenvalue weighted by atomic mass is 32.1. The summed E-state index contributed by atoms with van der Waals surface area (Å²) < 4.78 is 0. The molecule has 112 valence electrons. The van der Waals surface area contributed by atoms with Crippen LogP contribution in [0.2, 0.25) is 0 Å². The number of nitrogen functional groups attached to an aromatic ring is 1. The maximum Gasteiger partial charge on any atom is 0.210 e. The van der Waals surface area contributed by atoms with E-state index in [2.05, 4.69) is 31.9 Å². The lowest BCUT2D eigenvalue weighted by Gasteiger charge is -2.38. The molecule has 0 aromatic carbocycles. The maximum atomic E-state index is 5.65. The fraction of sp³-hybridized carbons (Fsp3) is 0.846. The number of likely N-dealkylation sites (tertiary alicyclic amines) is 1. The minimum atomic E-state index is 0.564. The SMILES string of the molecule is CN1CCC(CN2CCN(c3nnc(N)s3)CC2)CC1.